The van der Waals surface area contributed by atoms with Gasteiger partial charge in [0.25, 0.3) is 0 Å². The van der Waals surface area contributed by atoms with Gasteiger partial charge in [-0.1, -0.05) is 91.0 Å². The van der Waals surface area contributed by atoms with Crippen LogP contribution in [0, 0.1) is 0 Å². The van der Waals surface area contributed by atoms with E-state index < -0.39 is 0 Å². The summed E-state index contributed by atoms with van der Waals surface area (Å²) in [6.45, 7) is 8.55. The second kappa shape index (κ2) is 12.5. The Morgan fingerprint density at radius 1 is 0.667 bits per heavy atom. The van der Waals surface area contributed by atoms with Gasteiger partial charge in [0, 0.05) is 16.7 Å². The van der Waals surface area contributed by atoms with Crippen molar-refractivity contribution in [3.05, 3.63) is 144 Å². The lowest BCUT2D eigenvalue weighted by atomic mass is 10.1. The zero-order chi connectivity index (χ0) is 26.9. The van der Waals surface area contributed by atoms with Crippen LogP contribution in [-0.2, 0) is 26.1 Å². The fraction of sp³-hybridized carbons (Fsp3) is 0.121. The van der Waals surface area contributed by atoms with Gasteiger partial charge in [0.2, 0.25) is 5.84 Å². The number of amidine groups is 1. The second-order valence-corrected chi connectivity index (χ2v) is 9.00. The van der Waals surface area contributed by atoms with Crippen molar-refractivity contribution < 1.29 is 9.47 Å². The predicted molar refractivity (Wildman–Crippen MR) is 157 cm³/mol. The van der Waals surface area contributed by atoms with Crippen LogP contribution in [0.1, 0.15) is 27.8 Å². The van der Waals surface area contributed by atoms with Gasteiger partial charge in [0.05, 0.1) is 5.69 Å². The molecule has 5 rings (SSSR count). The molecule has 39 heavy (non-hydrogen) atoms. The molecule has 4 aromatic carbocycles. The lowest BCUT2D eigenvalue weighted by Crippen LogP contribution is -2.07. The standard InChI is InChI=1S/C33H30N4O2/c1-3-12-24-18-10-20-29-31(24)38-22-27-16-8-9-17-28(27)23-39-32-25(13-4-2)19-11-21-30(32)35-37-33(36-34-29)26-14-6-5-7-15-26/h3-11,14-21,34H,1-2,12-13,22-23H2/b36-33-,37-35?. The molecular weight excluding hydrogens is 484 g/mol. The van der Waals surface area contributed by atoms with Gasteiger partial charge in [-0.2, -0.15) is 5.10 Å². The number of allylic oxidation sites excluding steroid dienone is 2. The molecular formula is C33H30N4O2. The molecule has 1 N–H and O–H groups in total. The average Bonchev–Trinajstić information content (AvgIpc) is 2.97. The average molecular weight is 515 g/mol. The fourth-order valence-corrected chi connectivity index (χ4v) is 4.38. The minimum absolute atomic E-state index is 0.356. The molecule has 0 saturated carbocycles. The van der Waals surface area contributed by atoms with Crippen LogP contribution in [0.2, 0.25) is 0 Å². The molecule has 0 saturated heterocycles. The number of benzene rings is 4. The number of hydrogen-bond acceptors (Lipinski definition) is 6. The summed E-state index contributed by atoms with van der Waals surface area (Å²) in [4.78, 5) is 0. The maximum Gasteiger partial charge on any atom is 0.201 e. The summed E-state index contributed by atoms with van der Waals surface area (Å²) in [6, 6.07) is 29.7. The van der Waals surface area contributed by atoms with E-state index in [9.17, 15) is 0 Å². The quantitative estimate of drug-likeness (QED) is 0.273. The van der Waals surface area contributed by atoms with Gasteiger partial charge in [-0.15, -0.1) is 23.4 Å². The summed E-state index contributed by atoms with van der Waals surface area (Å²) in [5.41, 5.74) is 9.41. The van der Waals surface area contributed by atoms with E-state index in [0.29, 0.717) is 49.1 Å². The summed E-state index contributed by atoms with van der Waals surface area (Å²) >= 11 is 0. The molecule has 6 nitrogen and oxygen atoms in total. The molecule has 0 aliphatic carbocycles. The van der Waals surface area contributed by atoms with E-state index in [0.717, 1.165) is 33.5 Å². The Kier molecular flexibility index (Phi) is 8.24. The van der Waals surface area contributed by atoms with Crippen molar-refractivity contribution in [2.75, 3.05) is 5.43 Å². The van der Waals surface area contributed by atoms with Crippen LogP contribution in [0.5, 0.6) is 11.5 Å². The monoisotopic (exact) mass is 514 g/mol. The number of anilines is 1. The van der Waals surface area contributed by atoms with Crippen LogP contribution in [0.3, 0.4) is 0 Å². The number of fused-ring (bicyclic) bond motifs is 3. The Morgan fingerprint density at radius 2 is 1.28 bits per heavy atom. The molecule has 0 radical (unpaired) electrons. The van der Waals surface area contributed by atoms with Gasteiger partial charge in [-0.3, -0.25) is 5.43 Å². The van der Waals surface area contributed by atoms with E-state index in [1.807, 2.05) is 91.0 Å². The molecule has 6 heteroatoms. The van der Waals surface area contributed by atoms with E-state index in [1.165, 1.54) is 0 Å². The highest BCUT2D eigenvalue weighted by Gasteiger charge is 2.15. The Bertz CT molecular complexity index is 1530. The molecule has 0 amide bonds. The Labute approximate surface area is 229 Å². The highest BCUT2D eigenvalue weighted by molar-refractivity contribution is 5.99. The van der Waals surface area contributed by atoms with E-state index >= 15 is 0 Å². The number of rotatable bonds is 5. The Morgan fingerprint density at radius 3 is 1.97 bits per heavy atom. The molecule has 1 aliphatic rings. The molecule has 0 unspecified atom stereocenters. The minimum atomic E-state index is 0.356. The van der Waals surface area contributed by atoms with Crippen molar-refractivity contribution >= 4 is 17.2 Å². The maximum atomic E-state index is 6.44. The summed E-state index contributed by atoms with van der Waals surface area (Å²) in [5, 5.41) is 13.8. The number of ether oxygens (including phenoxy) is 2. The lowest BCUT2D eigenvalue weighted by molar-refractivity contribution is 0.284. The largest absolute Gasteiger partial charge is 0.486 e. The van der Waals surface area contributed by atoms with Crippen LogP contribution < -0.4 is 14.9 Å². The normalized spacial score (nSPS) is 14.3. The van der Waals surface area contributed by atoms with Crippen molar-refractivity contribution in [3.63, 3.8) is 0 Å². The van der Waals surface area contributed by atoms with Crippen LogP contribution in [0.4, 0.5) is 11.4 Å². The SMILES string of the molecule is C=CCc1cccc2c1OCc1ccccc1COc1c(CC=C)cccc1N/N=C(/c1ccccc1)N=N2. The number of nitrogens with zero attached hydrogens (tertiary/aromatic N) is 3. The zero-order valence-electron chi connectivity index (χ0n) is 21.7. The van der Waals surface area contributed by atoms with Gasteiger partial charge in [0.15, 0.2) is 5.75 Å². The van der Waals surface area contributed by atoms with Gasteiger partial charge in [0.1, 0.15) is 24.7 Å². The minimum Gasteiger partial charge on any atom is -0.486 e. The van der Waals surface area contributed by atoms with Crippen LogP contribution in [-0.4, -0.2) is 5.84 Å². The molecule has 1 heterocycles. The number of nitrogens with one attached hydrogen (secondary N) is 1. The first-order chi connectivity index (χ1) is 19.3. The third kappa shape index (κ3) is 6.13. The molecule has 0 spiro atoms. The van der Waals surface area contributed by atoms with Gasteiger partial charge in [-0.25, -0.2) is 0 Å². The van der Waals surface area contributed by atoms with Gasteiger partial charge in [-0.05, 0) is 36.1 Å². The van der Waals surface area contributed by atoms with Crippen molar-refractivity contribution in [3.8, 4) is 11.5 Å². The third-order valence-electron chi connectivity index (χ3n) is 6.33. The highest BCUT2D eigenvalue weighted by atomic mass is 16.5. The number of hydrazone groups is 1. The van der Waals surface area contributed by atoms with E-state index in [2.05, 4.69) is 46.0 Å². The molecule has 0 aromatic heterocycles. The molecule has 0 fully saturated rings. The van der Waals surface area contributed by atoms with Crippen LogP contribution in [0.15, 0.2) is 132 Å². The molecule has 0 bridgehead atoms. The highest BCUT2D eigenvalue weighted by Crippen LogP contribution is 2.35. The van der Waals surface area contributed by atoms with E-state index in [4.69, 9.17) is 9.47 Å². The topological polar surface area (TPSA) is 67.6 Å². The molecule has 0 atom stereocenters. The first-order valence-corrected chi connectivity index (χ1v) is 12.9. The number of azo groups is 1. The summed E-state index contributed by atoms with van der Waals surface area (Å²) in [6.07, 6.45) is 5.02. The van der Waals surface area contributed by atoms with E-state index in [1.54, 1.807) is 0 Å². The maximum absolute atomic E-state index is 6.44. The Balaban J connectivity index is 1.66. The van der Waals surface area contributed by atoms with Gasteiger partial charge < -0.3 is 9.47 Å². The Hall–Kier alpha value is -4.97. The first kappa shape index (κ1) is 25.7. The van der Waals surface area contributed by atoms with Crippen molar-refractivity contribution in [2.45, 2.75) is 26.1 Å². The summed E-state index contributed by atoms with van der Waals surface area (Å²) in [7, 11) is 0. The summed E-state index contributed by atoms with van der Waals surface area (Å²) in [5.74, 6) is 1.81. The van der Waals surface area contributed by atoms with Crippen LogP contribution >= 0.6 is 0 Å². The predicted octanol–water partition coefficient (Wildman–Crippen LogP) is 8.17. The van der Waals surface area contributed by atoms with Crippen molar-refractivity contribution in [1.29, 1.82) is 0 Å². The number of hydrogen-bond donors (Lipinski definition) is 1. The van der Waals surface area contributed by atoms with Crippen molar-refractivity contribution in [1.82, 2.24) is 0 Å². The molecule has 4 aromatic rings. The lowest BCUT2D eigenvalue weighted by Gasteiger charge is -2.17. The second-order valence-electron chi connectivity index (χ2n) is 9.00. The molecule has 1 aliphatic heterocycles. The van der Waals surface area contributed by atoms with E-state index in [-0.39, 0.29) is 0 Å². The van der Waals surface area contributed by atoms with Crippen LogP contribution in [0.25, 0.3) is 0 Å². The van der Waals surface area contributed by atoms with Gasteiger partial charge >= 0.3 is 0 Å². The zero-order valence-corrected chi connectivity index (χ0v) is 21.7. The first-order valence-electron chi connectivity index (χ1n) is 12.9. The smallest absolute Gasteiger partial charge is 0.201 e. The third-order valence-corrected chi connectivity index (χ3v) is 6.33. The fourth-order valence-electron chi connectivity index (χ4n) is 4.38. The van der Waals surface area contributed by atoms with Crippen molar-refractivity contribution in [2.24, 2.45) is 15.3 Å². The molecule has 194 valence electrons. The summed E-state index contributed by atoms with van der Waals surface area (Å²) < 4.78 is 12.9. The number of para-hydroxylation sites is 2.